The van der Waals surface area contributed by atoms with Crippen LogP contribution in [0, 0.1) is 5.92 Å². The fourth-order valence-electron chi connectivity index (χ4n) is 4.46. The van der Waals surface area contributed by atoms with E-state index in [4.69, 9.17) is 30.6 Å². The summed E-state index contributed by atoms with van der Waals surface area (Å²) in [6, 6.07) is 5.79. The molecule has 2 aromatic rings. The summed E-state index contributed by atoms with van der Waals surface area (Å²) in [4.78, 5) is 36.1. The van der Waals surface area contributed by atoms with Gasteiger partial charge in [-0.1, -0.05) is 18.9 Å². The van der Waals surface area contributed by atoms with Crippen molar-refractivity contribution in [2.24, 2.45) is 5.92 Å². The van der Waals surface area contributed by atoms with Crippen molar-refractivity contribution in [3.8, 4) is 0 Å². The molecule has 10 nitrogen and oxygen atoms in total. The van der Waals surface area contributed by atoms with Gasteiger partial charge in [-0.25, -0.2) is 9.97 Å². The maximum atomic E-state index is 11.8. The number of hydrogen-bond acceptors (Lipinski definition) is 7. The lowest BCUT2D eigenvalue weighted by Gasteiger charge is -2.18. The Hall–Kier alpha value is -1.09. The predicted octanol–water partition coefficient (Wildman–Crippen LogP) is 4.44. The number of ether oxygens (including phenoxy) is 1. The van der Waals surface area contributed by atoms with E-state index in [0.29, 0.717) is 30.1 Å². The van der Waals surface area contributed by atoms with Crippen molar-refractivity contribution in [3.63, 3.8) is 0 Å². The fraction of sp³-hybridized carbons (Fsp3) is 0.600. The zero-order chi connectivity index (χ0) is 23.6. The number of anilines is 1. The van der Waals surface area contributed by atoms with Crippen LogP contribution in [0.3, 0.4) is 0 Å². The van der Waals surface area contributed by atoms with Crippen molar-refractivity contribution in [2.75, 3.05) is 24.4 Å². The van der Waals surface area contributed by atoms with Crippen LogP contribution in [0.1, 0.15) is 50.2 Å². The maximum absolute atomic E-state index is 11.8. The molecule has 1 saturated heterocycles. The van der Waals surface area contributed by atoms with Gasteiger partial charge in [0.05, 0.1) is 24.3 Å². The zero-order valence-electron chi connectivity index (χ0n) is 18.0. The van der Waals surface area contributed by atoms with E-state index in [-0.39, 0.29) is 18.0 Å². The number of aromatic nitrogens is 2. The Kier molecular flexibility index (Phi) is 7.78. The summed E-state index contributed by atoms with van der Waals surface area (Å²) in [5.41, 5.74) is 1.59. The second kappa shape index (κ2) is 10.3. The Bertz CT molecular complexity index is 1090. The molecular formula is C20H28ClN3O7P2. The zero-order valence-corrected chi connectivity index (χ0v) is 20.5. The van der Waals surface area contributed by atoms with Gasteiger partial charge in [0.2, 0.25) is 5.28 Å². The Morgan fingerprint density at radius 1 is 1.12 bits per heavy atom. The first-order chi connectivity index (χ1) is 15.6. The lowest BCUT2D eigenvalue weighted by Crippen LogP contribution is -2.14. The highest BCUT2D eigenvalue weighted by Gasteiger charge is 2.34. The third-order valence-electron chi connectivity index (χ3n) is 6.03. The summed E-state index contributed by atoms with van der Waals surface area (Å²) in [6.45, 7) is 0.634. The van der Waals surface area contributed by atoms with Gasteiger partial charge < -0.3 is 29.3 Å². The van der Waals surface area contributed by atoms with Crippen LogP contribution in [0.5, 0.6) is 0 Å². The van der Waals surface area contributed by atoms with Crippen LogP contribution in [0.25, 0.3) is 10.9 Å². The molecule has 1 aromatic carbocycles. The first-order valence-corrected chi connectivity index (χ1v) is 14.9. The highest BCUT2D eigenvalue weighted by atomic mass is 35.5. The Morgan fingerprint density at radius 3 is 2.61 bits per heavy atom. The number of hydrogen-bond donors (Lipinski definition) is 4. The molecular weight excluding hydrogens is 492 g/mol. The second-order valence-electron chi connectivity index (χ2n) is 8.71. The van der Waals surface area contributed by atoms with Crippen molar-refractivity contribution < 1.29 is 33.1 Å². The topological polar surface area (TPSA) is 151 Å². The van der Waals surface area contributed by atoms with Crippen molar-refractivity contribution in [1.82, 2.24) is 9.97 Å². The summed E-state index contributed by atoms with van der Waals surface area (Å²) < 4.78 is 33.7. The Balaban J connectivity index is 1.40. The van der Waals surface area contributed by atoms with E-state index >= 15 is 0 Å². The minimum absolute atomic E-state index is 0.163. The van der Waals surface area contributed by atoms with Crippen LogP contribution in [-0.2, 0) is 18.4 Å². The molecule has 1 aliphatic heterocycles. The molecule has 1 saturated carbocycles. The summed E-state index contributed by atoms with van der Waals surface area (Å²) in [5.74, 6) is 0.152. The molecule has 1 aromatic heterocycles. The van der Waals surface area contributed by atoms with Gasteiger partial charge in [0.25, 0.3) is 0 Å². The van der Waals surface area contributed by atoms with Crippen molar-refractivity contribution in [1.29, 1.82) is 0 Å². The van der Waals surface area contributed by atoms with Crippen molar-refractivity contribution in [3.05, 3.63) is 29.0 Å². The van der Waals surface area contributed by atoms with Gasteiger partial charge in [0.15, 0.2) is 5.90 Å². The number of nitrogens with zero attached hydrogens (tertiary/aromatic N) is 2. The van der Waals surface area contributed by atoms with Crippen LogP contribution in [0.15, 0.2) is 18.2 Å². The summed E-state index contributed by atoms with van der Waals surface area (Å²) in [5, 5.41) is 4.46. The summed E-state index contributed by atoms with van der Waals surface area (Å²) in [6.07, 6.45) is 5.52. The monoisotopic (exact) mass is 519 g/mol. The molecule has 33 heavy (non-hydrogen) atoms. The highest BCUT2D eigenvalue weighted by Crippen LogP contribution is 2.55. The minimum Gasteiger partial charge on any atom is -0.369 e. The molecule has 2 heterocycles. The van der Waals surface area contributed by atoms with Gasteiger partial charge in [0, 0.05) is 11.9 Å². The largest absolute Gasteiger partial charge is 0.369 e. The van der Waals surface area contributed by atoms with Gasteiger partial charge >= 0.3 is 15.2 Å². The molecule has 13 heteroatoms. The SMILES string of the molecule is O=P(O)(O)CP(=O)(O)OC[C@@H]1CC[C@H](c2ccc3c(NCC4CCCC4)nc(Cl)nc3c2)O1. The molecule has 3 atom stereocenters. The number of benzene rings is 1. The molecule has 0 amide bonds. The van der Waals surface area contributed by atoms with Crippen molar-refractivity contribution in [2.45, 2.75) is 50.7 Å². The van der Waals surface area contributed by atoms with Crippen LogP contribution < -0.4 is 5.32 Å². The predicted molar refractivity (Wildman–Crippen MR) is 125 cm³/mol. The van der Waals surface area contributed by atoms with Gasteiger partial charge in [-0.05, 0) is 60.9 Å². The molecule has 1 aliphatic carbocycles. The molecule has 0 bridgehead atoms. The van der Waals surface area contributed by atoms with Gasteiger partial charge in [0.1, 0.15) is 5.82 Å². The lowest BCUT2D eigenvalue weighted by molar-refractivity contribution is 0.0150. The Morgan fingerprint density at radius 2 is 1.88 bits per heavy atom. The summed E-state index contributed by atoms with van der Waals surface area (Å²) in [7, 11) is -9.06. The van der Waals surface area contributed by atoms with E-state index in [1.54, 1.807) is 0 Å². The number of nitrogens with one attached hydrogen (secondary N) is 1. The first-order valence-electron chi connectivity index (χ1n) is 11.0. The average molecular weight is 520 g/mol. The van der Waals surface area contributed by atoms with Gasteiger partial charge in [-0.15, -0.1) is 0 Å². The number of halogens is 1. The number of fused-ring (bicyclic) bond motifs is 1. The first kappa shape index (κ1) is 25.0. The second-order valence-corrected chi connectivity index (χ2v) is 13.0. The molecule has 0 spiro atoms. The van der Waals surface area contributed by atoms with Gasteiger partial charge in [-0.3, -0.25) is 9.13 Å². The van der Waals surface area contributed by atoms with E-state index < -0.39 is 27.2 Å². The molecule has 0 radical (unpaired) electrons. The third-order valence-corrected chi connectivity index (χ3v) is 9.66. The van der Waals surface area contributed by atoms with Crippen LogP contribution >= 0.6 is 26.8 Å². The van der Waals surface area contributed by atoms with Gasteiger partial charge in [-0.2, -0.15) is 0 Å². The maximum Gasteiger partial charge on any atom is 0.340 e. The fourth-order valence-corrected chi connectivity index (χ4v) is 7.22. The van der Waals surface area contributed by atoms with E-state index in [1.807, 2.05) is 18.2 Å². The summed E-state index contributed by atoms with van der Waals surface area (Å²) >= 11 is 6.17. The quantitative estimate of drug-likeness (QED) is 0.276. The standard InChI is InChI=1S/C20H28ClN3O7P2/c21-20-23-17-9-14(5-7-16(17)19(24-20)22-10-13-3-1-2-4-13)18-8-6-15(31-18)11-30-33(28,29)12-32(25,26)27/h5,7,9,13,15,18H,1-4,6,8,10-12H2,(H,28,29)(H,22,23,24)(H2,25,26,27)/t15-,18+/m0/s1. The molecule has 1 unspecified atom stereocenters. The molecule has 2 aliphatic rings. The number of rotatable bonds is 9. The highest BCUT2D eigenvalue weighted by molar-refractivity contribution is 7.70. The van der Waals surface area contributed by atoms with Crippen LogP contribution in [-0.4, -0.2) is 49.8 Å². The molecule has 4 N–H and O–H groups in total. The molecule has 4 rings (SSSR count). The van der Waals surface area contributed by atoms with E-state index in [0.717, 1.165) is 17.5 Å². The minimum atomic E-state index is -4.66. The van der Waals surface area contributed by atoms with Crippen molar-refractivity contribution >= 4 is 43.5 Å². The van der Waals surface area contributed by atoms with E-state index in [9.17, 15) is 14.0 Å². The Labute approximate surface area is 196 Å². The lowest BCUT2D eigenvalue weighted by atomic mass is 10.0. The molecule has 182 valence electrons. The normalized spacial score (nSPS) is 23.8. The third kappa shape index (κ3) is 6.96. The van der Waals surface area contributed by atoms with E-state index in [1.165, 1.54) is 25.7 Å². The molecule has 2 fully saturated rings. The average Bonchev–Trinajstić information content (AvgIpc) is 3.40. The van der Waals surface area contributed by atoms with E-state index in [2.05, 4.69) is 15.3 Å². The van der Waals surface area contributed by atoms with Crippen LogP contribution in [0.2, 0.25) is 5.28 Å². The van der Waals surface area contributed by atoms with Crippen LogP contribution in [0.4, 0.5) is 5.82 Å². The smallest absolute Gasteiger partial charge is 0.340 e.